The summed E-state index contributed by atoms with van der Waals surface area (Å²) in [5.41, 5.74) is 5.91. The second kappa shape index (κ2) is 7.90. The largest absolute Gasteiger partial charge is 1.00 e. The van der Waals surface area contributed by atoms with Crippen molar-refractivity contribution in [1.29, 1.82) is 0 Å². The van der Waals surface area contributed by atoms with Gasteiger partial charge in [0.15, 0.2) is 24.5 Å². The molecule has 0 fully saturated rings. The number of aryl methyl sites for hydroxylation is 2. The molecule has 6 heteroatoms. The van der Waals surface area contributed by atoms with Gasteiger partial charge in [0.2, 0.25) is 5.89 Å². The molecule has 0 bridgehead atoms. The Morgan fingerprint density at radius 1 is 1.04 bits per heavy atom. The lowest BCUT2D eigenvalue weighted by Gasteiger charge is -2.01. The lowest BCUT2D eigenvalue weighted by Crippen LogP contribution is -3.00. The van der Waals surface area contributed by atoms with Gasteiger partial charge in [-0.15, -0.1) is 0 Å². The number of nitrogens with zero attached hydrogens (tertiary/aromatic N) is 2. The smallest absolute Gasteiger partial charge is 0.233 e. The summed E-state index contributed by atoms with van der Waals surface area (Å²) in [7, 11) is 0. The molecule has 0 aliphatic heterocycles. The number of halogens is 3. The molecule has 2 aromatic carbocycles. The first-order valence-electron chi connectivity index (χ1n) is 8.30. The number of pyridine rings is 1. The number of rotatable bonds is 3. The van der Waals surface area contributed by atoms with Crippen LogP contribution in [0.25, 0.3) is 22.6 Å². The molecule has 4 aromatic rings. The highest BCUT2D eigenvalue weighted by Gasteiger charge is 2.15. The molecule has 0 radical (unpaired) electrons. The molecule has 0 N–H and O–H groups in total. The van der Waals surface area contributed by atoms with Crippen LogP contribution in [-0.2, 0) is 6.54 Å². The second-order valence-corrected chi connectivity index (χ2v) is 7.38. The fourth-order valence-corrected chi connectivity index (χ4v) is 3.42. The molecule has 0 aliphatic rings. The Balaban J connectivity index is 0.00000210. The first kappa shape index (κ1) is 19.7. The standard InChI is InChI=1S/C21H17BrFN2O.BrH/c1-13-7-19-20(8-14(13)2)26-21(24-19)16-9-17(22)12-25(11-16)10-15-3-5-18(23)6-4-15;/h3-9,11-12H,10H2,1-2H3;1H/q+1;/p-1. The average Bonchev–Trinajstić information content (AvgIpc) is 3.00. The zero-order valence-electron chi connectivity index (χ0n) is 14.8. The van der Waals surface area contributed by atoms with Crippen LogP contribution in [0.3, 0.4) is 0 Å². The molecule has 138 valence electrons. The SMILES string of the molecule is Cc1cc2nc(-c3cc(Br)c[n+](Cc4ccc(F)cc4)c3)oc2cc1C.[Br-]. The summed E-state index contributed by atoms with van der Waals surface area (Å²) >= 11 is 3.55. The first-order valence-corrected chi connectivity index (χ1v) is 9.09. The Bertz CT molecular complexity index is 1070. The van der Waals surface area contributed by atoms with Gasteiger partial charge in [0.1, 0.15) is 16.9 Å². The van der Waals surface area contributed by atoms with E-state index < -0.39 is 0 Å². The summed E-state index contributed by atoms with van der Waals surface area (Å²) in [5, 5.41) is 0. The zero-order chi connectivity index (χ0) is 18.3. The van der Waals surface area contributed by atoms with Crippen LogP contribution in [-0.4, -0.2) is 4.98 Å². The minimum atomic E-state index is -0.231. The number of hydrogen-bond donors (Lipinski definition) is 0. The van der Waals surface area contributed by atoms with Gasteiger partial charge in [-0.2, -0.15) is 4.57 Å². The molecule has 0 saturated carbocycles. The summed E-state index contributed by atoms with van der Waals surface area (Å²) in [6, 6.07) is 12.6. The van der Waals surface area contributed by atoms with E-state index in [-0.39, 0.29) is 22.8 Å². The Kier molecular flexibility index (Phi) is 5.77. The van der Waals surface area contributed by atoms with Gasteiger partial charge in [-0.1, -0.05) is 0 Å². The van der Waals surface area contributed by atoms with Gasteiger partial charge in [-0.25, -0.2) is 9.37 Å². The van der Waals surface area contributed by atoms with Crippen LogP contribution in [0.5, 0.6) is 0 Å². The van der Waals surface area contributed by atoms with Crippen molar-refractivity contribution in [3.05, 3.63) is 81.8 Å². The average molecular weight is 492 g/mol. The minimum absolute atomic E-state index is 0. The van der Waals surface area contributed by atoms with Gasteiger partial charge in [-0.3, -0.25) is 0 Å². The summed E-state index contributed by atoms with van der Waals surface area (Å²) in [6.45, 7) is 4.76. The fraction of sp³-hybridized carbons (Fsp3) is 0.143. The van der Waals surface area contributed by atoms with Crippen molar-refractivity contribution in [1.82, 2.24) is 4.98 Å². The van der Waals surface area contributed by atoms with Gasteiger partial charge in [0.25, 0.3) is 0 Å². The van der Waals surface area contributed by atoms with Gasteiger partial charge >= 0.3 is 0 Å². The van der Waals surface area contributed by atoms with E-state index in [1.165, 1.54) is 23.3 Å². The van der Waals surface area contributed by atoms with E-state index in [0.717, 1.165) is 26.7 Å². The molecule has 27 heavy (non-hydrogen) atoms. The molecule has 0 atom stereocenters. The quantitative estimate of drug-likeness (QED) is 0.412. The van der Waals surface area contributed by atoms with Crippen LogP contribution < -0.4 is 21.5 Å². The predicted molar refractivity (Wildman–Crippen MR) is 102 cm³/mol. The van der Waals surface area contributed by atoms with Gasteiger partial charge < -0.3 is 21.4 Å². The lowest BCUT2D eigenvalue weighted by atomic mass is 10.1. The number of benzene rings is 2. The van der Waals surface area contributed by atoms with Crippen molar-refractivity contribution in [2.45, 2.75) is 20.4 Å². The lowest BCUT2D eigenvalue weighted by molar-refractivity contribution is -0.688. The molecular weight excluding hydrogens is 475 g/mol. The van der Waals surface area contributed by atoms with Gasteiger partial charge in [0.05, 0.1) is 4.47 Å². The van der Waals surface area contributed by atoms with E-state index in [4.69, 9.17) is 4.42 Å². The second-order valence-electron chi connectivity index (χ2n) is 6.46. The molecule has 4 rings (SSSR count). The van der Waals surface area contributed by atoms with Crippen LogP contribution in [0.1, 0.15) is 16.7 Å². The van der Waals surface area contributed by atoms with Crippen LogP contribution in [0, 0.1) is 19.7 Å². The third-order valence-electron chi connectivity index (χ3n) is 4.42. The molecule has 0 aliphatic carbocycles. The van der Waals surface area contributed by atoms with Crippen molar-refractivity contribution in [3.8, 4) is 11.5 Å². The van der Waals surface area contributed by atoms with E-state index in [2.05, 4.69) is 34.8 Å². The Morgan fingerprint density at radius 2 is 1.74 bits per heavy atom. The maximum absolute atomic E-state index is 13.1. The van der Waals surface area contributed by atoms with Crippen LogP contribution in [0.2, 0.25) is 0 Å². The third kappa shape index (κ3) is 4.28. The highest BCUT2D eigenvalue weighted by Crippen LogP contribution is 2.27. The summed E-state index contributed by atoms with van der Waals surface area (Å²) in [6.07, 6.45) is 3.96. The van der Waals surface area contributed by atoms with E-state index in [1.807, 2.05) is 35.2 Å². The number of oxazole rings is 1. The highest BCUT2D eigenvalue weighted by molar-refractivity contribution is 9.10. The normalized spacial score (nSPS) is 10.8. The van der Waals surface area contributed by atoms with Crippen molar-refractivity contribution < 1.29 is 30.4 Å². The predicted octanol–water partition coefficient (Wildman–Crippen LogP) is 2.35. The Labute approximate surface area is 175 Å². The molecule has 3 nitrogen and oxygen atoms in total. The third-order valence-corrected chi connectivity index (χ3v) is 4.85. The van der Waals surface area contributed by atoms with Gasteiger partial charge in [-0.05, 0) is 83.4 Å². The van der Waals surface area contributed by atoms with E-state index in [1.54, 1.807) is 12.1 Å². The first-order chi connectivity index (χ1) is 12.5. The molecule has 2 aromatic heterocycles. The topological polar surface area (TPSA) is 29.9 Å². The van der Waals surface area contributed by atoms with Crippen molar-refractivity contribution in [2.24, 2.45) is 0 Å². The maximum Gasteiger partial charge on any atom is 0.233 e. The van der Waals surface area contributed by atoms with Crippen molar-refractivity contribution in [3.63, 3.8) is 0 Å². The fourth-order valence-electron chi connectivity index (χ4n) is 2.91. The maximum atomic E-state index is 13.1. The van der Waals surface area contributed by atoms with Crippen LogP contribution in [0.4, 0.5) is 4.39 Å². The van der Waals surface area contributed by atoms with Gasteiger partial charge in [0, 0.05) is 5.56 Å². The van der Waals surface area contributed by atoms with Crippen molar-refractivity contribution >= 4 is 27.0 Å². The van der Waals surface area contributed by atoms with Crippen molar-refractivity contribution in [2.75, 3.05) is 0 Å². The minimum Gasteiger partial charge on any atom is -1.00 e. The number of hydrogen-bond acceptors (Lipinski definition) is 2. The summed E-state index contributed by atoms with van der Waals surface area (Å²) in [4.78, 5) is 4.64. The molecule has 2 heterocycles. The number of aromatic nitrogens is 2. The Hall–Kier alpha value is -2.05. The van der Waals surface area contributed by atoms with E-state index in [9.17, 15) is 4.39 Å². The monoisotopic (exact) mass is 490 g/mol. The van der Waals surface area contributed by atoms with E-state index in [0.29, 0.717) is 12.4 Å². The summed E-state index contributed by atoms with van der Waals surface area (Å²) in [5.74, 6) is 0.352. The number of fused-ring (bicyclic) bond motifs is 1. The van der Waals surface area contributed by atoms with Crippen LogP contribution in [0.15, 0.2) is 63.7 Å². The Morgan fingerprint density at radius 3 is 2.48 bits per heavy atom. The molecule has 0 saturated heterocycles. The molecular formula is C21H17Br2FN2O. The molecule has 0 spiro atoms. The molecule has 0 unspecified atom stereocenters. The molecule has 0 amide bonds. The summed E-state index contributed by atoms with van der Waals surface area (Å²) < 4.78 is 22.0. The van der Waals surface area contributed by atoms with E-state index >= 15 is 0 Å². The highest BCUT2D eigenvalue weighted by atomic mass is 79.9. The van der Waals surface area contributed by atoms with Crippen LogP contribution >= 0.6 is 15.9 Å². The zero-order valence-corrected chi connectivity index (χ0v) is 18.0.